The van der Waals surface area contributed by atoms with E-state index in [0.29, 0.717) is 22.7 Å². The highest BCUT2D eigenvalue weighted by Crippen LogP contribution is 2.20. The van der Waals surface area contributed by atoms with Crippen LogP contribution in [0.2, 0.25) is 0 Å². The highest BCUT2D eigenvalue weighted by Gasteiger charge is 2.11. The van der Waals surface area contributed by atoms with E-state index >= 15 is 0 Å². The fraction of sp³-hybridized carbons (Fsp3) is 0.0588. The fourth-order valence-electron chi connectivity index (χ4n) is 2.61. The molecule has 1 aromatic carbocycles. The molecule has 0 amide bonds. The molecule has 0 saturated carbocycles. The third kappa shape index (κ3) is 2.93. The second kappa shape index (κ2) is 6.20. The maximum absolute atomic E-state index is 12.1. The Morgan fingerprint density at radius 3 is 2.85 bits per heavy atom. The first-order valence-electron chi connectivity index (χ1n) is 7.72. The van der Waals surface area contributed by atoms with Crippen LogP contribution in [-0.2, 0) is 6.54 Å². The lowest BCUT2D eigenvalue weighted by Gasteiger charge is -2.03. The molecule has 0 unspecified atom stereocenters. The number of nitrogens with zero attached hydrogens (tertiary/aromatic N) is 6. The first-order valence-corrected chi connectivity index (χ1v) is 7.72. The van der Waals surface area contributed by atoms with E-state index in [4.69, 9.17) is 0 Å². The summed E-state index contributed by atoms with van der Waals surface area (Å²) in [7, 11) is 0. The van der Waals surface area contributed by atoms with Crippen LogP contribution in [-0.4, -0.2) is 29.1 Å². The molecule has 4 rings (SSSR count). The summed E-state index contributed by atoms with van der Waals surface area (Å²) < 4.78 is 2.99. The van der Waals surface area contributed by atoms with Gasteiger partial charge >= 0.3 is 0 Å². The Kier molecular flexibility index (Phi) is 3.73. The molecular formula is C17H12N6O3. The van der Waals surface area contributed by atoms with E-state index in [2.05, 4.69) is 15.1 Å². The minimum Gasteiger partial charge on any atom is -0.269 e. The second-order valence-electron chi connectivity index (χ2n) is 5.59. The van der Waals surface area contributed by atoms with Gasteiger partial charge < -0.3 is 0 Å². The maximum Gasteiger partial charge on any atom is 0.270 e. The van der Waals surface area contributed by atoms with Crippen LogP contribution < -0.4 is 5.56 Å². The lowest BCUT2D eigenvalue weighted by Crippen LogP contribution is -2.16. The van der Waals surface area contributed by atoms with Gasteiger partial charge in [-0.1, -0.05) is 18.2 Å². The number of hydrogen-bond acceptors (Lipinski definition) is 6. The van der Waals surface area contributed by atoms with E-state index in [1.54, 1.807) is 36.5 Å². The van der Waals surface area contributed by atoms with Crippen molar-refractivity contribution in [3.63, 3.8) is 0 Å². The van der Waals surface area contributed by atoms with Crippen molar-refractivity contribution in [3.05, 3.63) is 87.2 Å². The van der Waals surface area contributed by atoms with Gasteiger partial charge in [0.25, 0.3) is 11.2 Å². The molecule has 0 aliphatic carbocycles. The zero-order valence-electron chi connectivity index (χ0n) is 13.4. The monoisotopic (exact) mass is 348 g/mol. The Hall–Kier alpha value is -3.88. The van der Waals surface area contributed by atoms with Crippen molar-refractivity contribution in [2.75, 3.05) is 0 Å². The molecule has 0 N–H and O–H groups in total. The lowest BCUT2D eigenvalue weighted by atomic mass is 10.2. The molecule has 0 fully saturated rings. The van der Waals surface area contributed by atoms with Crippen LogP contribution in [0.1, 0.15) is 5.69 Å². The van der Waals surface area contributed by atoms with Crippen LogP contribution in [0, 0.1) is 10.1 Å². The number of hydrogen-bond donors (Lipinski definition) is 0. The molecule has 0 aliphatic rings. The van der Waals surface area contributed by atoms with Gasteiger partial charge in [-0.15, -0.1) is 0 Å². The minimum atomic E-state index is -0.465. The number of fused-ring (bicyclic) bond motifs is 1. The number of aromatic nitrogens is 5. The number of rotatable bonds is 4. The SMILES string of the molecule is O=c1cc(Cn2cnc(-c3cccc([N+](=O)[O-])c3)n2)nc2ccccn12. The predicted octanol–water partition coefficient (Wildman–Crippen LogP) is 1.91. The molecule has 0 saturated heterocycles. The minimum absolute atomic E-state index is 0.0249. The Labute approximate surface area is 146 Å². The van der Waals surface area contributed by atoms with Gasteiger partial charge in [-0.25, -0.2) is 14.6 Å². The van der Waals surface area contributed by atoms with Crippen molar-refractivity contribution < 1.29 is 4.92 Å². The summed E-state index contributed by atoms with van der Waals surface area (Å²) in [5.74, 6) is 0.367. The second-order valence-corrected chi connectivity index (χ2v) is 5.59. The number of nitro benzene ring substituents is 1. The Bertz CT molecular complexity index is 1180. The third-order valence-electron chi connectivity index (χ3n) is 3.80. The van der Waals surface area contributed by atoms with Gasteiger partial charge in [-0.3, -0.25) is 19.3 Å². The first-order chi connectivity index (χ1) is 12.6. The summed E-state index contributed by atoms with van der Waals surface area (Å²) >= 11 is 0. The highest BCUT2D eigenvalue weighted by atomic mass is 16.6. The van der Waals surface area contributed by atoms with E-state index < -0.39 is 4.92 Å². The van der Waals surface area contributed by atoms with Crippen LogP contribution in [0.25, 0.3) is 17.0 Å². The Morgan fingerprint density at radius 1 is 1.12 bits per heavy atom. The average Bonchev–Trinajstić information content (AvgIpc) is 3.10. The number of nitro groups is 1. The van der Waals surface area contributed by atoms with Crippen molar-refractivity contribution in [1.82, 2.24) is 24.1 Å². The van der Waals surface area contributed by atoms with Gasteiger partial charge in [0.05, 0.1) is 17.2 Å². The molecule has 0 atom stereocenters. The summed E-state index contributed by atoms with van der Waals surface area (Å²) in [4.78, 5) is 31.2. The normalized spacial score (nSPS) is 10.9. The summed E-state index contributed by atoms with van der Waals surface area (Å²) in [6.07, 6.45) is 3.16. The van der Waals surface area contributed by atoms with E-state index in [-0.39, 0.29) is 17.8 Å². The van der Waals surface area contributed by atoms with Crippen molar-refractivity contribution >= 4 is 11.3 Å². The molecule has 128 valence electrons. The van der Waals surface area contributed by atoms with Crippen LogP contribution in [0.3, 0.4) is 0 Å². The molecule has 4 aromatic rings. The molecule has 3 heterocycles. The molecule has 0 bridgehead atoms. The topological polar surface area (TPSA) is 108 Å². The molecule has 0 spiro atoms. The summed E-state index contributed by atoms with van der Waals surface area (Å²) in [5, 5.41) is 15.2. The van der Waals surface area contributed by atoms with Gasteiger partial charge in [0.15, 0.2) is 5.82 Å². The van der Waals surface area contributed by atoms with Crippen molar-refractivity contribution in [2.45, 2.75) is 6.54 Å². The molecule has 3 aromatic heterocycles. The van der Waals surface area contributed by atoms with Gasteiger partial charge in [-0.2, -0.15) is 5.10 Å². The first kappa shape index (κ1) is 15.6. The van der Waals surface area contributed by atoms with Crippen molar-refractivity contribution in [3.8, 4) is 11.4 Å². The van der Waals surface area contributed by atoms with E-state index in [9.17, 15) is 14.9 Å². The van der Waals surface area contributed by atoms with E-state index in [1.165, 1.54) is 33.6 Å². The summed E-state index contributed by atoms with van der Waals surface area (Å²) in [5.41, 5.74) is 1.45. The third-order valence-corrected chi connectivity index (χ3v) is 3.80. The van der Waals surface area contributed by atoms with Gasteiger partial charge in [0, 0.05) is 30.0 Å². The molecule has 9 nitrogen and oxygen atoms in total. The van der Waals surface area contributed by atoms with Gasteiger partial charge in [0.1, 0.15) is 12.0 Å². The maximum atomic E-state index is 12.1. The largest absolute Gasteiger partial charge is 0.270 e. The van der Waals surface area contributed by atoms with Crippen molar-refractivity contribution in [1.29, 1.82) is 0 Å². The lowest BCUT2D eigenvalue weighted by molar-refractivity contribution is -0.384. The average molecular weight is 348 g/mol. The zero-order valence-corrected chi connectivity index (χ0v) is 13.4. The molecule has 0 radical (unpaired) electrons. The molecule has 26 heavy (non-hydrogen) atoms. The van der Waals surface area contributed by atoms with Gasteiger partial charge in [-0.05, 0) is 12.1 Å². The highest BCUT2D eigenvalue weighted by molar-refractivity contribution is 5.58. The van der Waals surface area contributed by atoms with E-state index in [0.717, 1.165) is 0 Å². The number of pyridine rings is 1. The number of benzene rings is 1. The summed E-state index contributed by atoms with van der Waals surface area (Å²) in [6, 6.07) is 12.9. The molecular weight excluding hydrogens is 336 g/mol. The van der Waals surface area contributed by atoms with Crippen LogP contribution in [0.4, 0.5) is 5.69 Å². The quantitative estimate of drug-likeness (QED) is 0.412. The standard InChI is InChI=1S/C17H12N6O3/c24-16-9-13(19-15-6-1-2-7-22(15)16)10-21-11-18-17(20-21)12-4-3-5-14(8-12)23(25)26/h1-9,11H,10H2. The van der Waals surface area contributed by atoms with Gasteiger partial charge in [0.2, 0.25) is 0 Å². The summed E-state index contributed by atoms with van der Waals surface area (Å²) in [6.45, 7) is 0.266. The van der Waals surface area contributed by atoms with Crippen molar-refractivity contribution in [2.24, 2.45) is 0 Å². The van der Waals surface area contributed by atoms with Crippen LogP contribution in [0.15, 0.2) is 65.8 Å². The van der Waals surface area contributed by atoms with E-state index in [1.807, 2.05) is 0 Å². The van der Waals surface area contributed by atoms with Crippen LogP contribution in [0.5, 0.6) is 0 Å². The predicted molar refractivity (Wildman–Crippen MR) is 92.7 cm³/mol. The Morgan fingerprint density at radius 2 is 2.00 bits per heavy atom. The van der Waals surface area contributed by atoms with Crippen LogP contribution >= 0.6 is 0 Å². The Balaban J connectivity index is 1.64. The number of non-ortho nitro benzene ring substituents is 1. The fourth-order valence-corrected chi connectivity index (χ4v) is 2.61. The molecule has 0 aliphatic heterocycles. The zero-order chi connectivity index (χ0) is 18.1. The smallest absolute Gasteiger partial charge is 0.269 e. The molecule has 9 heteroatoms.